The van der Waals surface area contributed by atoms with E-state index in [0.717, 1.165) is 12.3 Å². The average Bonchev–Trinajstić information content (AvgIpc) is 2.79. The summed E-state index contributed by atoms with van der Waals surface area (Å²) in [6, 6.07) is 11.8. The summed E-state index contributed by atoms with van der Waals surface area (Å²) in [5.74, 6) is 0.822. The van der Waals surface area contributed by atoms with Crippen molar-refractivity contribution in [3.63, 3.8) is 0 Å². The molecule has 0 unspecified atom stereocenters. The van der Waals surface area contributed by atoms with Gasteiger partial charge < -0.3 is 0 Å². The summed E-state index contributed by atoms with van der Waals surface area (Å²) in [6.45, 7) is 4.44. The van der Waals surface area contributed by atoms with Gasteiger partial charge in [-0.2, -0.15) is 0 Å². The number of rotatable bonds is 3. The van der Waals surface area contributed by atoms with E-state index >= 15 is 0 Å². The molecule has 1 aliphatic rings. The molecule has 1 saturated carbocycles. The highest BCUT2D eigenvalue weighted by Gasteiger charge is 2.15. The van der Waals surface area contributed by atoms with E-state index in [4.69, 9.17) is 0 Å². The van der Waals surface area contributed by atoms with E-state index in [-0.39, 0.29) is 0 Å². The smallest absolute Gasteiger partial charge is 0.00524 e. The molecule has 0 saturated heterocycles. The molecule has 1 aliphatic carbocycles. The number of hydrogen-bond acceptors (Lipinski definition) is 1. The predicted molar refractivity (Wildman–Crippen MR) is 88.9 cm³/mol. The minimum Gasteiger partial charge on any atom is -0.146 e. The van der Waals surface area contributed by atoms with Gasteiger partial charge in [0.2, 0.25) is 0 Å². The van der Waals surface area contributed by atoms with Gasteiger partial charge in [0.1, 0.15) is 0 Å². The molecule has 0 amide bonds. The highest BCUT2D eigenvalue weighted by atomic mass is 32.1. The van der Waals surface area contributed by atoms with Crippen LogP contribution in [0.3, 0.4) is 0 Å². The van der Waals surface area contributed by atoms with Gasteiger partial charge in [-0.3, -0.25) is 0 Å². The number of hydrogen-bond donors (Lipinski definition) is 0. The summed E-state index contributed by atoms with van der Waals surface area (Å²) in [6.07, 6.45) is 8.14. The van der Waals surface area contributed by atoms with Crippen LogP contribution in [0.2, 0.25) is 0 Å². The largest absolute Gasteiger partial charge is 0.146 e. The first-order valence-corrected chi connectivity index (χ1v) is 8.69. The monoisotopic (exact) mass is 284 g/mol. The Labute approximate surface area is 126 Å². The number of benzene rings is 1. The van der Waals surface area contributed by atoms with E-state index in [2.05, 4.69) is 44.2 Å². The van der Waals surface area contributed by atoms with E-state index < -0.39 is 0 Å². The lowest BCUT2D eigenvalue weighted by Crippen LogP contribution is -2.04. The lowest BCUT2D eigenvalue weighted by molar-refractivity contribution is 0.443. The van der Waals surface area contributed by atoms with Crippen LogP contribution in [0, 0.1) is 13.8 Å². The molecule has 0 nitrogen and oxygen atoms in total. The normalized spacial score (nSPS) is 16.5. The van der Waals surface area contributed by atoms with E-state index in [1.54, 1.807) is 5.56 Å². The SMILES string of the molecule is Cc1cc(Cc2ccc(C3CCCCC3)cc2)c(C)s1. The minimum absolute atomic E-state index is 0.822. The van der Waals surface area contributed by atoms with Gasteiger partial charge in [-0.25, -0.2) is 0 Å². The maximum atomic E-state index is 2.37. The van der Waals surface area contributed by atoms with Crippen molar-refractivity contribution in [2.24, 2.45) is 0 Å². The molecule has 0 spiro atoms. The first kappa shape index (κ1) is 13.9. The molecule has 3 rings (SSSR count). The summed E-state index contributed by atoms with van der Waals surface area (Å²) in [4.78, 5) is 2.90. The molecule has 1 heterocycles. The van der Waals surface area contributed by atoms with Crippen LogP contribution in [0.25, 0.3) is 0 Å². The van der Waals surface area contributed by atoms with Gasteiger partial charge in [-0.15, -0.1) is 11.3 Å². The fraction of sp³-hybridized carbons (Fsp3) is 0.474. The molecule has 0 radical (unpaired) electrons. The van der Waals surface area contributed by atoms with Crippen LogP contribution in [0.1, 0.15) is 64.5 Å². The molecule has 1 aromatic heterocycles. The zero-order valence-corrected chi connectivity index (χ0v) is 13.4. The summed E-state index contributed by atoms with van der Waals surface area (Å²) in [7, 11) is 0. The topological polar surface area (TPSA) is 0 Å². The van der Waals surface area contributed by atoms with Crippen LogP contribution in [0.5, 0.6) is 0 Å². The summed E-state index contributed by atoms with van der Waals surface area (Å²) in [5.41, 5.74) is 4.51. The fourth-order valence-electron chi connectivity index (χ4n) is 3.42. The molecule has 0 bridgehead atoms. The highest BCUT2D eigenvalue weighted by Crippen LogP contribution is 2.33. The van der Waals surface area contributed by atoms with Gasteiger partial charge >= 0.3 is 0 Å². The minimum atomic E-state index is 0.822. The molecule has 2 aromatic rings. The van der Waals surface area contributed by atoms with Crippen molar-refractivity contribution < 1.29 is 0 Å². The Balaban J connectivity index is 1.71. The van der Waals surface area contributed by atoms with Crippen molar-refractivity contribution in [2.75, 3.05) is 0 Å². The van der Waals surface area contributed by atoms with Crippen LogP contribution < -0.4 is 0 Å². The van der Waals surface area contributed by atoms with Crippen LogP contribution in [0.15, 0.2) is 30.3 Å². The number of thiophene rings is 1. The van der Waals surface area contributed by atoms with Crippen LogP contribution >= 0.6 is 11.3 Å². The Bertz CT molecular complexity index is 556. The van der Waals surface area contributed by atoms with E-state index in [1.807, 2.05) is 11.3 Å². The van der Waals surface area contributed by atoms with Gasteiger partial charge in [0.05, 0.1) is 0 Å². The Morgan fingerprint density at radius 1 is 1.00 bits per heavy atom. The zero-order valence-electron chi connectivity index (χ0n) is 12.6. The molecule has 0 atom stereocenters. The second-order valence-corrected chi connectivity index (χ2v) is 7.65. The van der Waals surface area contributed by atoms with Crippen molar-refractivity contribution >= 4 is 11.3 Å². The quantitative estimate of drug-likeness (QED) is 0.648. The highest BCUT2D eigenvalue weighted by molar-refractivity contribution is 7.12. The van der Waals surface area contributed by atoms with E-state index in [0.29, 0.717) is 0 Å². The van der Waals surface area contributed by atoms with Gasteiger partial charge in [-0.1, -0.05) is 43.5 Å². The second kappa shape index (κ2) is 6.13. The maximum Gasteiger partial charge on any atom is 0.00524 e. The Morgan fingerprint density at radius 2 is 1.70 bits per heavy atom. The van der Waals surface area contributed by atoms with Crippen molar-refractivity contribution in [1.82, 2.24) is 0 Å². The molecule has 0 N–H and O–H groups in total. The van der Waals surface area contributed by atoms with Gasteiger partial charge in [-0.05, 0) is 61.8 Å². The molecular formula is C19H24S. The summed E-state index contributed by atoms with van der Waals surface area (Å²) in [5, 5.41) is 0. The standard InChI is InChI=1S/C19H24S/c1-14-12-19(15(2)20-14)13-16-8-10-18(11-9-16)17-6-4-3-5-7-17/h8-12,17H,3-7,13H2,1-2H3. The Kier molecular flexibility index (Phi) is 4.26. The lowest BCUT2D eigenvalue weighted by Gasteiger charge is -2.22. The summed E-state index contributed by atoms with van der Waals surface area (Å²) >= 11 is 1.91. The first-order valence-electron chi connectivity index (χ1n) is 7.87. The van der Waals surface area contributed by atoms with Crippen LogP contribution in [0.4, 0.5) is 0 Å². The molecule has 0 aliphatic heterocycles. The van der Waals surface area contributed by atoms with Crippen molar-refractivity contribution in [3.05, 3.63) is 56.8 Å². The molecular weight excluding hydrogens is 260 g/mol. The molecule has 106 valence electrons. The van der Waals surface area contributed by atoms with Gasteiger partial charge in [0.15, 0.2) is 0 Å². The van der Waals surface area contributed by atoms with Crippen molar-refractivity contribution in [2.45, 2.75) is 58.3 Å². The Hall–Kier alpha value is -1.08. The molecule has 1 aromatic carbocycles. The molecule has 20 heavy (non-hydrogen) atoms. The number of aryl methyl sites for hydroxylation is 2. The van der Waals surface area contributed by atoms with Crippen LogP contribution in [-0.4, -0.2) is 0 Å². The fourth-order valence-corrected chi connectivity index (χ4v) is 4.37. The third-order valence-corrected chi connectivity index (χ3v) is 5.60. The predicted octanol–water partition coefficient (Wildman–Crippen LogP) is 6.00. The van der Waals surface area contributed by atoms with Crippen molar-refractivity contribution in [3.8, 4) is 0 Å². The van der Waals surface area contributed by atoms with Crippen LogP contribution in [-0.2, 0) is 6.42 Å². The third kappa shape index (κ3) is 3.15. The molecule has 1 fully saturated rings. The molecule has 1 heteroatoms. The Morgan fingerprint density at radius 3 is 2.30 bits per heavy atom. The van der Waals surface area contributed by atoms with Gasteiger partial charge in [0, 0.05) is 9.75 Å². The lowest BCUT2D eigenvalue weighted by atomic mass is 9.84. The first-order chi connectivity index (χ1) is 9.72. The average molecular weight is 284 g/mol. The van der Waals surface area contributed by atoms with E-state index in [1.165, 1.54) is 53.0 Å². The third-order valence-electron chi connectivity index (χ3n) is 4.59. The maximum absolute atomic E-state index is 2.37. The summed E-state index contributed by atoms with van der Waals surface area (Å²) < 4.78 is 0. The second-order valence-electron chi connectivity index (χ2n) is 6.19. The zero-order chi connectivity index (χ0) is 13.9. The van der Waals surface area contributed by atoms with Gasteiger partial charge in [0.25, 0.3) is 0 Å². The van der Waals surface area contributed by atoms with E-state index in [9.17, 15) is 0 Å². The van der Waals surface area contributed by atoms with Crippen molar-refractivity contribution in [1.29, 1.82) is 0 Å².